The van der Waals surface area contributed by atoms with E-state index in [4.69, 9.17) is 5.11 Å². The number of hydrogen-bond acceptors (Lipinski definition) is 2. The van der Waals surface area contributed by atoms with Crippen molar-refractivity contribution in [1.29, 1.82) is 0 Å². The molecule has 0 atom stereocenters. The minimum atomic E-state index is -4.91. The van der Waals surface area contributed by atoms with Gasteiger partial charge in [-0.3, -0.25) is 4.79 Å². The van der Waals surface area contributed by atoms with Gasteiger partial charge in [0.25, 0.3) is 0 Å². The zero-order chi connectivity index (χ0) is 14.0. The molecule has 0 amide bonds. The van der Waals surface area contributed by atoms with Gasteiger partial charge in [-0.1, -0.05) is 36.4 Å². The summed E-state index contributed by atoms with van der Waals surface area (Å²) < 4.78 is 36.3. The maximum absolute atomic E-state index is 12.1. The van der Waals surface area contributed by atoms with Crippen LogP contribution < -0.4 is 0 Å². The van der Waals surface area contributed by atoms with Crippen molar-refractivity contribution in [2.24, 2.45) is 0 Å². The number of alkyl halides is 3. The first kappa shape index (κ1) is 17.1. The van der Waals surface area contributed by atoms with Crippen LogP contribution >= 0.6 is 0 Å². The molecule has 20 heavy (non-hydrogen) atoms. The minimum absolute atomic E-state index is 0. The molecular weight excluding hydrogens is 397 g/mol. The third-order valence-corrected chi connectivity index (χ3v) is 2.59. The third kappa shape index (κ3) is 4.03. The Kier molecular flexibility index (Phi) is 5.73. The molecule has 0 radical (unpaired) electrons. The third-order valence-electron chi connectivity index (χ3n) is 2.59. The molecule has 0 saturated carbocycles. The van der Waals surface area contributed by atoms with Crippen LogP contribution in [-0.2, 0) is 0 Å². The van der Waals surface area contributed by atoms with Gasteiger partial charge in [-0.2, -0.15) is 13.2 Å². The van der Waals surface area contributed by atoms with Gasteiger partial charge in [0, 0.05) is 53.4 Å². The number of fused-ring (bicyclic) bond motifs is 1. The summed E-state index contributed by atoms with van der Waals surface area (Å²) in [5.74, 6) is -2.79. The fraction of sp³-hybridized carbons (Fsp3) is 0.0714. The second-order valence-electron chi connectivity index (χ2n) is 3.95. The number of carbonyl (C=O) groups is 1. The zero-order valence-corrected chi connectivity index (χ0v) is 13.2. The van der Waals surface area contributed by atoms with Gasteiger partial charge in [-0.15, -0.1) is 0 Å². The van der Waals surface area contributed by atoms with Crippen LogP contribution in [0.25, 0.3) is 10.8 Å². The summed E-state index contributed by atoms with van der Waals surface area (Å²) in [5, 5.41) is 10.4. The predicted octanol–water partition coefficient (Wildman–Crippen LogP) is 4.03. The molecule has 0 fully saturated rings. The molecule has 2 aromatic rings. The van der Waals surface area contributed by atoms with Crippen LogP contribution in [0.4, 0.5) is 13.2 Å². The van der Waals surface area contributed by atoms with E-state index in [2.05, 4.69) is 0 Å². The second-order valence-corrected chi connectivity index (χ2v) is 3.95. The molecule has 0 spiro atoms. The summed E-state index contributed by atoms with van der Waals surface area (Å²) in [5.41, 5.74) is 0.0921. The van der Waals surface area contributed by atoms with Crippen LogP contribution in [0.15, 0.2) is 54.3 Å². The van der Waals surface area contributed by atoms with E-state index in [0.717, 1.165) is 10.8 Å². The molecule has 0 unspecified atom stereocenters. The Labute approximate surface area is 146 Å². The van der Waals surface area contributed by atoms with E-state index in [0.29, 0.717) is 0 Å². The van der Waals surface area contributed by atoms with Crippen molar-refractivity contribution < 1.29 is 64.8 Å². The van der Waals surface area contributed by atoms with E-state index in [1.165, 1.54) is 12.1 Å². The molecule has 0 saturated heterocycles. The molecule has 0 aliphatic heterocycles. The van der Waals surface area contributed by atoms with Crippen molar-refractivity contribution in [2.45, 2.75) is 6.18 Å². The fourth-order valence-electron chi connectivity index (χ4n) is 1.63. The average molecular weight is 406 g/mol. The molecule has 1 N–H and O–H groups in total. The molecular formula is C14H9CeF3O2. The van der Waals surface area contributed by atoms with Gasteiger partial charge in [0.1, 0.15) is 0 Å². The Morgan fingerprint density at radius 1 is 1.05 bits per heavy atom. The predicted molar refractivity (Wildman–Crippen MR) is 65.0 cm³/mol. The quantitative estimate of drug-likeness (QED) is 0.465. The van der Waals surface area contributed by atoms with Crippen LogP contribution in [0.3, 0.4) is 0 Å². The maximum atomic E-state index is 12.1. The number of aliphatic hydroxyl groups excluding tert-OH is 1. The standard InChI is InChI=1S/C14H9F3O2.Ce/c15-14(16,17)13(19)8-12(18)11-6-5-9-3-1-2-4-10(9)7-11;/h1-8,19H;/b13-8-;. The summed E-state index contributed by atoms with van der Waals surface area (Å²) >= 11 is 0. The van der Waals surface area contributed by atoms with E-state index in [1.54, 1.807) is 18.2 Å². The van der Waals surface area contributed by atoms with Crippen molar-refractivity contribution in [2.75, 3.05) is 0 Å². The topological polar surface area (TPSA) is 37.3 Å². The fourth-order valence-corrected chi connectivity index (χ4v) is 1.63. The molecule has 2 rings (SSSR count). The van der Waals surface area contributed by atoms with Crippen molar-refractivity contribution in [3.05, 3.63) is 59.9 Å². The second kappa shape index (κ2) is 6.69. The number of rotatable bonds is 2. The first-order valence-corrected chi connectivity index (χ1v) is 5.39. The SMILES string of the molecule is O=C(/C=C(\O)C(F)(F)F)c1ccc2ccccc2c1.[Ce]. The number of halogens is 3. The normalized spacial score (nSPS) is 12.1. The van der Waals surface area contributed by atoms with Crippen LogP contribution in [-0.4, -0.2) is 17.1 Å². The number of aliphatic hydroxyl groups is 1. The van der Waals surface area contributed by atoms with Gasteiger partial charge in [0.05, 0.1) is 0 Å². The molecule has 102 valence electrons. The zero-order valence-electron chi connectivity index (χ0n) is 10.1. The van der Waals surface area contributed by atoms with Gasteiger partial charge in [-0.05, 0) is 16.8 Å². The van der Waals surface area contributed by atoms with Crippen molar-refractivity contribution in [3.63, 3.8) is 0 Å². The van der Waals surface area contributed by atoms with Crippen molar-refractivity contribution >= 4 is 16.6 Å². The number of hydrogen-bond donors (Lipinski definition) is 1. The molecule has 0 aromatic heterocycles. The maximum Gasteiger partial charge on any atom is 0.448 e. The van der Waals surface area contributed by atoms with E-state index in [9.17, 15) is 18.0 Å². The van der Waals surface area contributed by atoms with Gasteiger partial charge < -0.3 is 5.11 Å². The Morgan fingerprint density at radius 2 is 1.65 bits per heavy atom. The van der Waals surface area contributed by atoms with E-state index in [1.807, 2.05) is 12.1 Å². The summed E-state index contributed by atoms with van der Waals surface area (Å²) in [4.78, 5) is 11.6. The van der Waals surface area contributed by atoms with E-state index < -0.39 is 17.7 Å². The van der Waals surface area contributed by atoms with Crippen molar-refractivity contribution in [1.82, 2.24) is 0 Å². The number of ketones is 1. The van der Waals surface area contributed by atoms with Crippen LogP contribution in [0.5, 0.6) is 0 Å². The average Bonchev–Trinajstić information content (AvgIpc) is 2.37. The molecule has 0 aliphatic rings. The number of allylic oxidation sites excluding steroid dienone is 2. The van der Waals surface area contributed by atoms with E-state index >= 15 is 0 Å². The molecule has 2 aromatic carbocycles. The Bertz CT molecular complexity index is 663. The molecule has 6 heteroatoms. The smallest absolute Gasteiger partial charge is 0.448 e. The number of carbonyl (C=O) groups excluding carboxylic acids is 1. The molecule has 0 bridgehead atoms. The van der Waals surface area contributed by atoms with Gasteiger partial charge in [0.15, 0.2) is 5.78 Å². The summed E-state index contributed by atoms with van der Waals surface area (Å²) in [6.45, 7) is 0. The Hall–Kier alpha value is -0.923. The first-order valence-electron chi connectivity index (χ1n) is 5.39. The molecule has 2 nitrogen and oxygen atoms in total. The molecule has 0 heterocycles. The summed E-state index contributed by atoms with van der Waals surface area (Å²) in [6.07, 6.45) is -4.73. The van der Waals surface area contributed by atoms with Gasteiger partial charge in [-0.25, -0.2) is 0 Å². The van der Waals surface area contributed by atoms with Gasteiger partial charge >= 0.3 is 6.18 Å². The number of benzene rings is 2. The van der Waals surface area contributed by atoms with Crippen molar-refractivity contribution in [3.8, 4) is 0 Å². The summed E-state index contributed by atoms with van der Waals surface area (Å²) in [6, 6.07) is 11.7. The summed E-state index contributed by atoms with van der Waals surface area (Å²) in [7, 11) is 0. The van der Waals surface area contributed by atoms with Crippen LogP contribution in [0, 0.1) is 41.7 Å². The Morgan fingerprint density at radius 3 is 2.25 bits per heavy atom. The Balaban J connectivity index is 0.00000200. The largest absolute Gasteiger partial charge is 0.504 e. The van der Waals surface area contributed by atoms with Gasteiger partial charge in [0.2, 0.25) is 5.76 Å². The van der Waals surface area contributed by atoms with Crippen LogP contribution in [0.1, 0.15) is 10.4 Å². The minimum Gasteiger partial charge on any atom is -0.504 e. The van der Waals surface area contributed by atoms with E-state index in [-0.39, 0.29) is 53.4 Å². The van der Waals surface area contributed by atoms with Crippen LogP contribution in [0.2, 0.25) is 0 Å². The monoisotopic (exact) mass is 406 g/mol. The first-order chi connectivity index (χ1) is 8.88. The molecule has 0 aliphatic carbocycles.